The van der Waals surface area contributed by atoms with Crippen molar-refractivity contribution in [2.24, 2.45) is 17.6 Å². The fourth-order valence-electron chi connectivity index (χ4n) is 1.65. The molecule has 70 valence electrons. The first kappa shape index (κ1) is 10.2. The highest BCUT2D eigenvalue weighted by Crippen LogP contribution is 2.31. The molecule has 1 saturated carbocycles. The summed E-state index contributed by atoms with van der Waals surface area (Å²) in [4.78, 5) is 10.4. The van der Waals surface area contributed by atoms with E-state index in [1.54, 1.807) is 0 Å². The lowest BCUT2D eigenvalue weighted by molar-refractivity contribution is -0.113. The largest absolute Gasteiger partial charge is 0.390 e. The van der Waals surface area contributed by atoms with E-state index in [-0.39, 0.29) is 22.7 Å². The Labute approximate surface area is 80.5 Å². The molecule has 0 aliphatic heterocycles. The molecule has 4 heteroatoms. The number of nitrogens with two attached hydrogens (primary N) is 1. The molecular formula is C8H14BrNO2. The zero-order chi connectivity index (χ0) is 9.30. The molecule has 0 radical (unpaired) electrons. The minimum atomic E-state index is -0.607. The van der Waals surface area contributed by atoms with Gasteiger partial charge in [0.2, 0.25) is 0 Å². The summed E-state index contributed by atoms with van der Waals surface area (Å²) in [5, 5.41) is 9.59. The van der Waals surface area contributed by atoms with E-state index < -0.39 is 6.10 Å². The molecule has 0 aromatic heterocycles. The Morgan fingerprint density at radius 2 is 2.25 bits per heavy atom. The van der Waals surface area contributed by atoms with E-state index in [2.05, 4.69) is 15.9 Å². The standard InChI is InChI=1S/C8H14BrNO2/c1-4-2-5(3-11)6(9)8(12)7(4)10/h3-8,12H,2,10H2,1H3/t4-,5+,6-,7+,8+/m0/s1. The van der Waals surface area contributed by atoms with Gasteiger partial charge in [0.25, 0.3) is 0 Å². The fourth-order valence-corrected chi connectivity index (χ4v) is 2.34. The Hall–Kier alpha value is 0.0700. The molecule has 1 aliphatic carbocycles. The number of carbonyl (C=O) groups excluding carboxylic acids is 1. The smallest absolute Gasteiger partial charge is 0.124 e. The molecule has 0 amide bonds. The van der Waals surface area contributed by atoms with Crippen LogP contribution >= 0.6 is 15.9 Å². The number of alkyl halides is 1. The van der Waals surface area contributed by atoms with Crippen LogP contribution < -0.4 is 5.73 Å². The topological polar surface area (TPSA) is 63.3 Å². The summed E-state index contributed by atoms with van der Waals surface area (Å²) in [7, 11) is 0. The van der Waals surface area contributed by atoms with Crippen LogP contribution in [0.15, 0.2) is 0 Å². The predicted molar refractivity (Wildman–Crippen MR) is 50.0 cm³/mol. The number of rotatable bonds is 1. The molecule has 0 bridgehead atoms. The van der Waals surface area contributed by atoms with E-state index in [1.165, 1.54) is 0 Å². The van der Waals surface area contributed by atoms with E-state index >= 15 is 0 Å². The number of aldehydes is 1. The van der Waals surface area contributed by atoms with E-state index in [0.29, 0.717) is 0 Å². The summed E-state index contributed by atoms with van der Waals surface area (Å²) in [6, 6.07) is -0.217. The lowest BCUT2D eigenvalue weighted by Crippen LogP contribution is -2.52. The average Bonchev–Trinajstić information content (AvgIpc) is 2.08. The van der Waals surface area contributed by atoms with Crippen molar-refractivity contribution >= 4 is 22.2 Å². The predicted octanol–water partition coefficient (Wildman–Crippen LogP) is 0.293. The van der Waals surface area contributed by atoms with Gasteiger partial charge < -0.3 is 15.6 Å². The molecule has 0 spiro atoms. The molecule has 0 heterocycles. The Bertz CT molecular complexity index is 176. The Morgan fingerprint density at radius 1 is 1.67 bits per heavy atom. The minimum Gasteiger partial charge on any atom is -0.390 e. The van der Waals surface area contributed by atoms with Crippen LogP contribution in [0.5, 0.6) is 0 Å². The number of hydrogen-bond donors (Lipinski definition) is 2. The molecule has 12 heavy (non-hydrogen) atoms. The summed E-state index contributed by atoms with van der Waals surface area (Å²) in [6.07, 6.45) is 1.05. The maximum atomic E-state index is 10.6. The van der Waals surface area contributed by atoms with Crippen LogP contribution in [0.1, 0.15) is 13.3 Å². The summed E-state index contributed by atoms with van der Waals surface area (Å²) in [5.41, 5.74) is 5.73. The summed E-state index contributed by atoms with van der Waals surface area (Å²) < 4.78 is 0. The average molecular weight is 236 g/mol. The lowest BCUT2D eigenvalue weighted by Gasteiger charge is -2.37. The maximum absolute atomic E-state index is 10.6. The molecule has 1 fully saturated rings. The second-order valence-corrected chi connectivity index (χ2v) is 4.58. The van der Waals surface area contributed by atoms with Gasteiger partial charge in [-0.05, 0) is 12.3 Å². The van der Waals surface area contributed by atoms with Crippen molar-refractivity contribution in [1.29, 1.82) is 0 Å². The van der Waals surface area contributed by atoms with Crippen molar-refractivity contribution in [2.75, 3.05) is 0 Å². The third kappa shape index (κ3) is 1.70. The first-order valence-electron chi connectivity index (χ1n) is 4.11. The van der Waals surface area contributed by atoms with Crippen LogP contribution in [0.3, 0.4) is 0 Å². The van der Waals surface area contributed by atoms with Crippen LogP contribution in [0.2, 0.25) is 0 Å². The highest BCUT2D eigenvalue weighted by molar-refractivity contribution is 9.09. The SMILES string of the molecule is C[C@H]1C[C@H](C=O)[C@H](Br)[C@@H](O)[C@@H]1N. The van der Waals surface area contributed by atoms with Crippen molar-refractivity contribution in [3.63, 3.8) is 0 Å². The summed E-state index contributed by atoms with van der Waals surface area (Å²) >= 11 is 3.29. The number of carbonyl (C=O) groups is 1. The molecule has 0 saturated heterocycles. The third-order valence-electron chi connectivity index (χ3n) is 2.61. The van der Waals surface area contributed by atoms with Crippen LogP contribution in [0.25, 0.3) is 0 Å². The number of aliphatic hydroxyl groups excluding tert-OH is 1. The number of aliphatic hydroxyl groups is 1. The highest BCUT2D eigenvalue weighted by Gasteiger charge is 2.38. The molecule has 1 rings (SSSR count). The molecular weight excluding hydrogens is 222 g/mol. The Kier molecular flexibility index (Phi) is 3.26. The summed E-state index contributed by atoms with van der Waals surface area (Å²) in [5.74, 6) is 0.110. The molecule has 3 N–H and O–H groups in total. The summed E-state index contributed by atoms with van der Waals surface area (Å²) in [6.45, 7) is 1.96. The van der Waals surface area contributed by atoms with Crippen molar-refractivity contribution in [2.45, 2.75) is 30.3 Å². The zero-order valence-corrected chi connectivity index (χ0v) is 8.57. The van der Waals surface area contributed by atoms with Crippen LogP contribution in [0.4, 0.5) is 0 Å². The maximum Gasteiger partial charge on any atom is 0.124 e. The zero-order valence-electron chi connectivity index (χ0n) is 6.98. The molecule has 0 aromatic carbocycles. The minimum absolute atomic E-state index is 0.102. The Balaban J connectivity index is 2.70. The van der Waals surface area contributed by atoms with Crippen molar-refractivity contribution in [3.05, 3.63) is 0 Å². The molecule has 1 aliphatic rings. The highest BCUT2D eigenvalue weighted by atomic mass is 79.9. The van der Waals surface area contributed by atoms with Crippen LogP contribution in [-0.2, 0) is 4.79 Å². The van der Waals surface area contributed by atoms with E-state index in [4.69, 9.17) is 5.73 Å². The molecule has 5 atom stereocenters. The van der Waals surface area contributed by atoms with Crippen molar-refractivity contribution < 1.29 is 9.90 Å². The van der Waals surface area contributed by atoms with Crippen LogP contribution in [0, 0.1) is 11.8 Å². The molecule has 3 nitrogen and oxygen atoms in total. The van der Waals surface area contributed by atoms with Crippen molar-refractivity contribution in [3.8, 4) is 0 Å². The fraction of sp³-hybridized carbons (Fsp3) is 0.875. The van der Waals surface area contributed by atoms with E-state index in [0.717, 1.165) is 12.7 Å². The lowest BCUT2D eigenvalue weighted by atomic mass is 9.78. The second-order valence-electron chi connectivity index (χ2n) is 3.53. The van der Waals surface area contributed by atoms with Crippen molar-refractivity contribution in [1.82, 2.24) is 0 Å². The van der Waals surface area contributed by atoms with Gasteiger partial charge in [-0.1, -0.05) is 22.9 Å². The van der Waals surface area contributed by atoms with Gasteiger partial charge in [0.15, 0.2) is 0 Å². The first-order valence-corrected chi connectivity index (χ1v) is 5.02. The normalized spacial score (nSPS) is 48.8. The Morgan fingerprint density at radius 3 is 2.75 bits per heavy atom. The van der Waals surface area contributed by atoms with Gasteiger partial charge in [-0.25, -0.2) is 0 Å². The van der Waals surface area contributed by atoms with Gasteiger partial charge in [0.05, 0.1) is 10.9 Å². The molecule has 0 unspecified atom stereocenters. The van der Waals surface area contributed by atoms with Gasteiger partial charge >= 0.3 is 0 Å². The second kappa shape index (κ2) is 3.85. The number of halogens is 1. The van der Waals surface area contributed by atoms with Gasteiger partial charge in [-0.2, -0.15) is 0 Å². The first-order chi connectivity index (χ1) is 5.57. The van der Waals surface area contributed by atoms with Crippen LogP contribution in [-0.4, -0.2) is 28.4 Å². The van der Waals surface area contributed by atoms with E-state index in [1.807, 2.05) is 6.92 Å². The monoisotopic (exact) mass is 235 g/mol. The van der Waals surface area contributed by atoms with Gasteiger partial charge in [0, 0.05) is 12.0 Å². The third-order valence-corrected chi connectivity index (χ3v) is 3.83. The quantitative estimate of drug-likeness (QED) is 0.508. The van der Waals surface area contributed by atoms with Gasteiger partial charge in [0.1, 0.15) is 6.29 Å². The molecule has 0 aromatic rings. The van der Waals surface area contributed by atoms with Gasteiger partial charge in [-0.15, -0.1) is 0 Å². The van der Waals surface area contributed by atoms with Gasteiger partial charge in [-0.3, -0.25) is 0 Å². The van der Waals surface area contributed by atoms with E-state index in [9.17, 15) is 9.90 Å². The number of hydrogen-bond acceptors (Lipinski definition) is 3.